The molecule has 2 aliphatic rings. The molecule has 1 aliphatic heterocycles. The average molecular weight is 256 g/mol. The Balaban J connectivity index is 2.09. The highest BCUT2D eigenvalue weighted by molar-refractivity contribution is 5.89. The minimum atomic E-state index is -0.925. The van der Waals surface area contributed by atoms with Crippen molar-refractivity contribution in [3.05, 3.63) is 0 Å². The molecular weight excluding hydrogens is 232 g/mol. The van der Waals surface area contributed by atoms with E-state index in [0.29, 0.717) is 6.61 Å². The van der Waals surface area contributed by atoms with Crippen LogP contribution in [0.25, 0.3) is 0 Å². The lowest BCUT2D eigenvalue weighted by Crippen LogP contribution is -2.80. The van der Waals surface area contributed by atoms with Crippen molar-refractivity contribution in [3.63, 3.8) is 0 Å². The van der Waals surface area contributed by atoms with Crippen molar-refractivity contribution in [3.8, 4) is 0 Å². The molecule has 18 heavy (non-hydrogen) atoms. The van der Waals surface area contributed by atoms with Crippen LogP contribution in [0, 0.1) is 11.3 Å². The van der Waals surface area contributed by atoms with Crippen molar-refractivity contribution in [1.29, 1.82) is 0 Å². The molecule has 3 atom stereocenters. The Morgan fingerprint density at radius 2 is 2.17 bits per heavy atom. The molecule has 1 heterocycles. The van der Waals surface area contributed by atoms with Gasteiger partial charge in [-0.3, -0.25) is 4.79 Å². The van der Waals surface area contributed by atoms with E-state index >= 15 is 0 Å². The number of hydrogen-bond donors (Lipinski definition) is 3. The molecule has 1 saturated carbocycles. The largest absolute Gasteiger partial charge is 0.389 e. The van der Waals surface area contributed by atoms with Gasteiger partial charge in [0.1, 0.15) is 5.54 Å². The molecule has 3 unspecified atom stereocenters. The number of nitrogens with two attached hydrogens (primary N) is 1. The van der Waals surface area contributed by atoms with Crippen LogP contribution < -0.4 is 11.1 Å². The van der Waals surface area contributed by atoms with Gasteiger partial charge in [-0.1, -0.05) is 13.8 Å². The molecule has 0 radical (unpaired) electrons. The summed E-state index contributed by atoms with van der Waals surface area (Å²) < 4.78 is 5.65. The molecule has 4 N–H and O–H groups in total. The van der Waals surface area contributed by atoms with Gasteiger partial charge in [0.15, 0.2) is 0 Å². The van der Waals surface area contributed by atoms with E-state index in [1.807, 2.05) is 13.8 Å². The zero-order valence-electron chi connectivity index (χ0n) is 11.6. The van der Waals surface area contributed by atoms with E-state index in [0.717, 1.165) is 6.42 Å². The summed E-state index contributed by atoms with van der Waals surface area (Å²) in [7, 11) is 0. The van der Waals surface area contributed by atoms with Crippen LogP contribution in [0.5, 0.6) is 0 Å². The predicted octanol–water partition coefficient (Wildman–Crippen LogP) is 0.0159. The monoisotopic (exact) mass is 256 g/mol. The van der Waals surface area contributed by atoms with E-state index in [4.69, 9.17) is 10.5 Å². The van der Waals surface area contributed by atoms with E-state index < -0.39 is 11.1 Å². The molecule has 1 amide bonds. The molecule has 1 aliphatic carbocycles. The summed E-state index contributed by atoms with van der Waals surface area (Å²) in [6, 6.07) is 0. The number of hydrogen-bond acceptors (Lipinski definition) is 4. The first-order valence-corrected chi connectivity index (χ1v) is 6.52. The van der Waals surface area contributed by atoms with Crippen molar-refractivity contribution in [2.24, 2.45) is 17.1 Å². The Bertz CT molecular complexity index is 362. The molecule has 1 saturated heterocycles. The van der Waals surface area contributed by atoms with Gasteiger partial charge in [-0.2, -0.15) is 0 Å². The smallest absolute Gasteiger partial charge is 0.241 e. The van der Waals surface area contributed by atoms with Crippen LogP contribution in [0.1, 0.15) is 34.1 Å². The van der Waals surface area contributed by atoms with E-state index in [1.54, 1.807) is 13.8 Å². The van der Waals surface area contributed by atoms with Gasteiger partial charge in [0.25, 0.3) is 0 Å². The van der Waals surface area contributed by atoms with Crippen LogP contribution in [-0.4, -0.2) is 41.4 Å². The maximum Gasteiger partial charge on any atom is 0.241 e. The minimum absolute atomic E-state index is 0.0791. The molecule has 0 aromatic rings. The second kappa shape index (κ2) is 3.92. The molecule has 5 heteroatoms. The fourth-order valence-electron chi connectivity index (χ4n) is 3.29. The lowest BCUT2D eigenvalue weighted by atomic mass is 9.48. The van der Waals surface area contributed by atoms with Gasteiger partial charge in [-0.15, -0.1) is 0 Å². The Morgan fingerprint density at radius 1 is 1.56 bits per heavy atom. The van der Waals surface area contributed by atoms with E-state index in [1.165, 1.54) is 0 Å². The van der Waals surface area contributed by atoms with Gasteiger partial charge in [-0.25, -0.2) is 0 Å². The summed E-state index contributed by atoms with van der Waals surface area (Å²) in [4.78, 5) is 12.3. The zero-order chi connectivity index (χ0) is 13.8. The van der Waals surface area contributed by atoms with E-state index in [9.17, 15) is 9.90 Å². The highest BCUT2D eigenvalue weighted by atomic mass is 16.5. The standard InChI is InChI=1S/C13H24N2O3/c1-11(2,17)7-15-10(16)13(14)8-5-6-18-9(8)12(13,3)4/h8-9,17H,5-7,14H2,1-4H3,(H,15,16). The number of ether oxygens (including phenoxy) is 1. The summed E-state index contributed by atoms with van der Waals surface area (Å²) in [6.07, 6.45) is 0.913. The molecule has 0 spiro atoms. The number of aliphatic hydroxyl groups is 1. The van der Waals surface area contributed by atoms with Crippen molar-refractivity contribution >= 4 is 5.91 Å². The summed E-state index contributed by atoms with van der Waals surface area (Å²) in [6.45, 7) is 8.15. The number of carbonyl (C=O) groups is 1. The number of fused-ring (bicyclic) bond motifs is 1. The first-order valence-electron chi connectivity index (χ1n) is 6.52. The fourth-order valence-corrected chi connectivity index (χ4v) is 3.29. The van der Waals surface area contributed by atoms with Gasteiger partial charge < -0.3 is 20.9 Å². The Morgan fingerprint density at radius 3 is 2.72 bits per heavy atom. The van der Waals surface area contributed by atoms with Crippen LogP contribution in [0.3, 0.4) is 0 Å². The maximum absolute atomic E-state index is 12.3. The summed E-state index contributed by atoms with van der Waals surface area (Å²) in [5, 5.41) is 12.4. The molecule has 2 fully saturated rings. The molecule has 104 valence electrons. The summed E-state index contributed by atoms with van der Waals surface area (Å²) in [5.74, 6) is -0.0873. The lowest BCUT2D eigenvalue weighted by Gasteiger charge is -2.60. The van der Waals surface area contributed by atoms with Crippen molar-refractivity contribution in [1.82, 2.24) is 5.32 Å². The van der Waals surface area contributed by atoms with Crippen LogP contribution in [-0.2, 0) is 9.53 Å². The Kier molecular flexibility index (Phi) is 3.00. The highest BCUT2D eigenvalue weighted by Crippen LogP contribution is 2.58. The summed E-state index contributed by atoms with van der Waals surface area (Å²) >= 11 is 0. The first-order chi connectivity index (χ1) is 8.11. The highest BCUT2D eigenvalue weighted by Gasteiger charge is 2.71. The SMILES string of the molecule is CC(C)(O)CNC(=O)C1(N)C2CCOC2C1(C)C. The second-order valence-corrected chi connectivity index (χ2v) is 6.77. The van der Waals surface area contributed by atoms with Crippen molar-refractivity contribution in [2.45, 2.75) is 51.4 Å². The first kappa shape index (κ1) is 13.8. The minimum Gasteiger partial charge on any atom is -0.389 e. The quantitative estimate of drug-likeness (QED) is 0.664. The zero-order valence-corrected chi connectivity index (χ0v) is 11.6. The second-order valence-electron chi connectivity index (χ2n) is 6.77. The third-order valence-corrected chi connectivity index (χ3v) is 4.51. The van der Waals surface area contributed by atoms with Gasteiger partial charge in [0.05, 0.1) is 11.7 Å². The van der Waals surface area contributed by atoms with Crippen LogP contribution >= 0.6 is 0 Å². The number of rotatable bonds is 3. The number of carbonyl (C=O) groups excluding carboxylic acids is 1. The normalized spacial score (nSPS) is 37.9. The molecule has 5 nitrogen and oxygen atoms in total. The van der Waals surface area contributed by atoms with Gasteiger partial charge in [0.2, 0.25) is 5.91 Å². The van der Waals surface area contributed by atoms with Crippen molar-refractivity contribution < 1.29 is 14.6 Å². The Hall–Kier alpha value is -0.650. The van der Waals surface area contributed by atoms with Gasteiger partial charge >= 0.3 is 0 Å². The average Bonchev–Trinajstić information content (AvgIpc) is 2.71. The van der Waals surface area contributed by atoms with Crippen LogP contribution in [0.4, 0.5) is 0 Å². The van der Waals surface area contributed by atoms with Gasteiger partial charge in [-0.05, 0) is 20.3 Å². The fraction of sp³-hybridized carbons (Fsp3) is 0.923. The van der Waals surface area contributed by atoms with E-state index in [-0.39, 0.29) is 29.9 Å². The topological polar surface area (TPSA) is 84.6 Å². The predicted molar refractivity (Wildman–Crippen MR) is 67.9 cm³/mol. The third kappa shape index (κ3) is 1.76. The van der Waals surface area contributed by atoms with Crippen LogP contribution in [0.2, 0.25) is 0 Å². The lowest BCUT2D eigenvalue weighted by molar-refractivity contribution is -0.176. The third-order valence-electron chi connectivity index (χ3n) is 4.51. The molecule has 0 aromatic carbocycles. The van der Waals surface area contributed by atoms with Crippen LogP contribution in [0.15, 0.2) is 0 Å². The van der Waals surface area contributed by atoms with Gasteiger partial charge in [0, 0.05) is 24.5 Å². The molecule has 2 rings (SSSR count). The number of nitrogens with one attached hydrogen (secondary N) is 1. The maximum atomic E-state index is 12.3. The Labute approximate surface area is 108 Å². The molecule has 0 aromatic heterocycles. The number of amides is 1. The van der Waals surface area contributed by atoms with E-state index in [2.05, 4.69) is 5.32 Å². The van der Waals surface area contributed by atoms with Crippen molar-refractivity contribution in [2.75, 3.05) is 13.2 Å². The summed E-state index contributed by atoms with van der Waals surface area (Å²) in [5.41, 5.74) is 4.19. The molecular formula is C13H24N2O3. The molecule has 0 bridgehead atoms.